The van der Waals surface area contributed by atoms with Gasteiger partial charge in [0.15, 0.2) is 11.6 Å². The van der Waals surface area contributed by atoms with E-state index in [4.69, 9.17) is 9.84 Å². The van der Waals surface area contributed by atoms with Gasteiger partial charge in [-0.2, -0.15) is 5.10 Å². The highest BCUT2D eigenvalue weighted by Gasteiger charge is 2.33. The number of benzene rings is 2. The Kier molecular flexibility index (Phi) is 7.02. The van der Waals surface area contributed by atoms with Crippen molar-refractivity contribution in [2.24, 2.45) is 7.05 Å². The minimum absolute atomic E-state index is 0.167. The Morgan fingerprint density at radius 2 is 1.94 bits per heavy atom. The maximum atomic E-state index is 14.4. The van der Waals surface area contributed by atoms with Crippen LogP contribution in [-0.4, -0.2) is 38.5 Å². The SMILES string of the molecule is C=CCC[C@@H](O)CN(Cc1c(-c2ccccc2)nn(C)c1Oc1ccccc1F)C1CC1. The summed E-state index contributed by atoms with van der Waals surface area (Å²) in [4.78, 5) is 2.30. The van der Waals surface area contributed by atoms with Crippen LogP contribution in [0.2, 0.25) is 0 Å². The average Bonchev–Trinajstić information content (AvgIpc) is 3.60. The van der Waals surface area contributed by atoms with Crippen LogP contribution in [-0.2, 0) is 13.6 Å². The zero-order valence-corrected chi connectivity index (χ0v) is 18.5. The normalized spacial score (nSPS) is 14.5. The van der Waals surface area contributed by atoms with Gasteiger partial charge in [0.25, 0.3) is 0 Å². The largest absolute Gasteiger partial charge is 0.436 e. The van der Waals surface area contributed by atoms with E-state index in [1.54, 1.807) is 22.9 Å². The molecule has 3 aromatic rings. The number of hydrogen-bond donors (Lipinski definition) is 1. The summed E-state index contributed by atoms with van der Waals surface area (Å²) in [6, 6.07) is 16.8. The highest BCUT2D eigenvalue weighted by molar-refractivity contribution is 5.65. The maximum absolute atomic E-state index is 14.4. The van der Waals surface area contributed by atoms with Gasteiger partial charge in [0, 0.05) is 31.7 Å². The van der Waals surface area contributed by atoms with E-state index in [1.807, 2.05) is 43.5 Å². The minimum atomic E-state index is -0.429. The molecule has 0 bridgehead atoms. The molecule has 1 aliphatic rings. The van der Waals surface area contributed by atoms with Gasteiger partial charge in [-0.05, 0) is 37.8 Å². The van der Waals surface area contributed by atoms with E-state index in [0.717, 1.165) is 36.1 Å². The minimum Gasteiger partial charge on any atom is -0.436 e. The summed E-state index contributed by atoms with van der Waals surface area (Å²) in [5.41, 5.74) is 2.68. The van der Waals surface area contributed by atoms with Gasteiger partial charge in [0.2, 0.25) is 5.88 Å². The van der Waals surface area contributed by atoms with Crippen LogP contribution in [0.5, 0.6) is 11.6 Å². The third-order valence-corrected chi connectivity index (χ3v) is 5.75. The molecule has 1 aliphatic carbocycles. The zero-order valence-electron chi connectivity index (χ0n) is 18.5. The molecule has 6 heteroatoms. The Bertz CT molecular complexity index is 1050. The monoisotopic (exact) mass is 435 g/mol. The Balaban J connectivity index is 1.69. The predicted octanol–water partition coefficient (Wildman–Crippen LogP) is 5.31. The van der Waals surface area contributed by atoms with Crippen molar-refractivity contribution in [1.82, 2.24) is 14.7 Å². The lowest BCUT2D eigenvalue weighted by molar-refractivity contribution is 0.0976. The molecule has 2 aromatic carbocycles. The van der Waals surface area contributed by atoms with Crippen molar-refractivity contribution in [3.8, 4) is 22.9 Å². The first-order valence-electron chi connectivity index (χ1n) is 11.1. The molecule has 0 aliphatic heterocycles. The number of ether oxygens (including phenoxy) is 1. The van der Waals surface area contributed by atoms with Gasteiger partial charge in [-0.3, -0.25) is 4.90 Å². The highest BCUT2D eigenvalue weighted by atomic mass is 19.1. The second kappa shape index (κ2) is 10.1. The topological polar surface area (TPSA) is 50.5 Å². The molecule has 0 spiro atoms. The smallest absolute Gasteiger partial charge is 0.222 e. The van der Waals surface area contributed by atoms with E-state index >= 15 is 0 Å². The van der Waals surface area contributed by atoms with Crippen LogP contribution >= 0.6 is 0 Å². The molecule has 4 rings (SSSR count). The number of allylic oxidation sites excluding steroid dienone is 1. The lowest BCUT2D eigenvalue weighted by Gasteiger charge is -2.25. The fourth-order valence-electron chi connectivity index (χ4n) is 3.94. The van der Waals surface area contributed by atoms with Gasteiger partial charge in [-0.25, -0.2) is 9.07 Å². The molecule has 0 radical (unpaired) electrons. The molecule has 32 heavy (non-hydrogen) atoms. The van der Waals surface area contributed by atoms with Crippen LogP contribution in [0.4, 0.5) is 4.39 Å². The van der Waals surface area contributed by atoms with Crippen LogP contribution in [0.1, 0.15) is 31.2 Å². The second-order valence-electron chi connectivity index (χ2n) is 8.33. The molecule has 0 amide bonds. The van der Waals surface area contributed by atoms with Crippen molar-refractivity contribution < 1.29 is 14.2 Å². The number of halogens is 1. The first-order chi connectivity index (χ1) is 15.6. The van der Waals surface area contributed by atoms with Crippen molar-refractivity contribution in [3.63, 3.8) is 0 Å². The molecular weight excluding hydrogens is 405 g/mol. The Morgan fingerprint density at radius 3 is 2.62 bits per heavy atom. The summed E-state index contributed by atoms with van der Waals surface area (Å²) in [5, 5.41) is 15.3. The summed E-state index contributed by atoms with van der Waals surface area (Å²) in [5.74, 6) is 0.264. The molecule has 1 atom stereocenters. The third kappa shape index (κ3) is 5.26. The Hall–Kier alpha value is -2.96. The number of nitrogens with zero attached hydrogens (tertiary/aromatic N) is 3. The first-order valence-corrected chi connectivity index (χ1v) is 11.1. The number of hydrogen-bond acceptors (Lipinski definition) is 4. The number of aromatic nitrogens is 2. The van der Waals surface area contributed by atoms with Gasteiger partial charge in [0.05, 0.1) is 11.7 Å². The van der Waals surface area contributed by atoms with E-state index in [9.17, 15) is 9.50 Å². The number of rotatable bonds is 11. The van der Waals surface area contributed by atoms with Crippen molar-refractivity contribution in [1.29, 1.82) is 0 Å². The van der Waals surface area contributed by atoms with Gasteiger partial charge in [-0.15, -0.1) is 6.58 Å². The Morgan fingerprint density at radius 1 is 1.22 bits per heavy atom. The van der Waals surface area contributed by atoms with E-state index in [2.05, 4.69) is 11.5 Å². The average molecular weight is 436 g/mol. The van der Waals surface area contributed by atoms with E-state index in [0.29, 0.717) is 31.4 Å². The number of aliphatic hydroxyl groups is 1. The standard InChI is InChI=1S/C26H30FN3O2/c1-3-4-12-21(31)17-30(20-15-16-20)18-22-25(19-10-6-5-7-11-19)28-29(2)26(22)32-24-14-9-8-13-23(24)27/h3,5-11,13-14,20-21,31H,1,4,12,15-18H2,2H3/t21-/m1/s1. The summed E-state index contributed by atoms with van der Waals surface area (Å²) in [7, 11) is 1.81. The third-order valence-electron chi connectivity index (χ3n) is 5.75. The molecule has 5 nitrogen and oxygen atoms in total. The van der Waals surface area contributed by atoms with Crippen molar-refractivity contribution in [3.05, 3.63) is 78.6 Å². The zero-order chi connectivity index (χ0) is 22.5. The second-order valence-corrected chi connectivity index (χ2v) is 8.33. The first kappa shape index (κ1) is 22.2. The summed E-state index contributed by atoms with van der Waals surface area (Å²) in [6.07, 6.45) is 5.09. The van der Waals surface area contributed by atoms with Gasteiger partial charge < -0.3 is 9.84 Å². The van der Waals surface area contributed by atoms with Gasteiger partial charge >= 0.3 is 0 Å². The van der Waals surface area contributed by atoms with E-state index in [-0.39, 0.29) is 5.75 Å². The van der Waals surface area contributed by atoms with E-state index < -0.39 is 11.9 Å². The lowest BCUT2D eigenvalue weighted by atomic mass is 10.1. The van der Waals surface area contributed by atoms with Gasteiger partial charge in [-0.1, -0.05) is 48.5 Å². The molecule has 1 heterocycles. The quantitative estimate of drug-likeness (QED) is 0.415. The molecule has 0 saturated heterocycles. The molecule has 168 valence electrons. The van der Waals surface area contributed by atoms with Crippen molar-refractivity contribution >= 4 is 0 Å². The lowest BCUT2D eigenvalue weighted by Crippen LogP contribution is -2.34. The van der Waals surface area contributed by atoms with Crippen LogP contribution in [0.15, 0.2) is 67.3 Å². The Labute approximate surface area is 188 Å². The number of para-hydroxylation sites is 1. The maximum Gasteiger partial charge on any atom is 0.222 e. The molecular formula is C26H30FN3O2. The fraction of sp³-hybridized carbons (Fsp3) is 0.346. The number of aliphatic hydroxyl groups excluding tert-OH is 1. The summed E-state index contributed by atoms with van der Waals surface area (Å²) >= 11 is 0. The highest BCUT2D eigenvalue weighted by Crippen LogP contribution is 2.37. The van der Waals surface area contributed by atoms with E-state index in [1.165, 1.54) is 6.07 Å². The molecule has 1 aromatic heterocycles. The van der Waals surface area contributed by atoms with Crippen molar-refractivity contribution in [2.45, 2.75) is 44.4 Å². The van der Waals surface area contributed by atoms with Crippen LogP contribution < -0.4 is 4.74 Å². The molecule has 1 N–H and O–H groups in total. The van der Waals surface area contributed by atoms with Crippen molar-refractivity contribution in [2.75, 3.05) is 6.54 Å². The summed E-state index contributed by atoms with van der Waals surface area (Å²) in [6.45, 7) is 4.89. The van der Waals surface area contributed by atoms with Crippen LogP contribution in [0, 0.1) is 5.82 Å². The fourth-order valence-corrected chi connectivity index (χ4v) is 3.94. The predicted molar refractivity (Wildman–Crippen MR) is 124 cm³/mol. The molecule has 1 fully saturated rings. The van der Waals surface area contributed by atoms with Crippen LogP contribution in [0.3, 0.4) is 0 Å². The number of aryl methyl sites for hydroxylation is 1. The molecule has 1 saturated carbocycles. The summed E-state index contributed by atoms with van der Waals surface area (Å²) < 4.78 is 22.1. The van der Waals surface area contributed by atoms with Gasteiger partial charge in [0.1, 0.15) is 5.69 Å². The van der Waals surface area contributed by atoms with Crippen LogP contribution in [0.25, 0.3) is 11.3 Å². The molecule has 0 unspecified atom stereocenters.